The molecule has 0 aromatic heterocycles. The molecule has 0 unspecified atom stereocenters. The second-order valence-electron chi connectivity index (χ2n) is 5.70. The van der Waals surface area contributed by atoms with E-state index in [2.05, 4.69) is 24.8 Å². The summed E-state index contributed by atoms with van der Waals surface area (Å²) < 4.78 is 13.5. The van der Waals surface area contributed by atoms with E-state index in [4.69, 9.17) is 0 Å². The maximum atomic E-state index is 13.5. The number of likely N-dealkylation sites (tertiary alicyclic amines) is 1. The molecule has 1 nitrogen and oxygen atoms in total. The predicted octanol–water partition coefficient (Wildman–Crippen LogP) is 3.98. The Morgan fingerprint density at radius 2 is 1.89 bits per heavy atom. The molecule has 0 spiro atoms. The second-order valence-corrected chi connectivity index (χ2v) is 5.70. The molecule has 18 heavy (non-hydrogen) atoms. The van der Waals surface area contributed by atoms with Crippen molar-refractivity contribution >= 4 is 0 Å². The lowest BCUT2D eigenvalue weighted by Crippen LogP contribution is -2.20. The Kier molecular flexibility index (Phi) is 4.76. The SMILES string of the molecule is CC(C)c1cc(F)cc(CCCN2CCCC2)c1. The summed E-state index contributed by atoms with van der Waals surface area (Å²) in [4.78, 5) is 2.52. The molecule has 0 bridgehead atoms. The number of aryl methyl sites for hydroxylation is 1. The molecule has 2 heteroatoms. The van der Waals surface area contributed by atoms with E-state index < -0.39 is 0 Å². The molecule has 0 atom stereocenters. The number of halogens is 1. The third kappa shape index (κ3) is 3.81. The van der Waals surface area contributed by atoms with Gasteiger partial charge in [-0.05, 0) is 74.5 Å². The molecule has 100 valence electrons. The Bertz CT molecular complexity index is 381. The van der Waals surface area contributed by atoms with E-state index >= 15 is 0 Å². The molecule has 0 amide bonds. The molecule has 0 saturated carbocycles. The van der Waals surface area contributed by atoms with Crippen molar-refractivity contribution in [2.75, 3.05) is 19.6 Å². The number of nitrogens with zero attached hydrogens (tertiary/aromatic N) is 1. The van der Waals surface area contributed by atoms with Crippen LogP contribution in [0.15, 0.2) is 18.2 Å². The summed E-state index contributed by atoms with van der Waals surface area (Å²) in [7, 11) is 0. The summed E-state index contributed by atoms with van der Waals surface area (Å²) in [6.45, 7) is 7.89. The minimum Gasteiger partial charge on any atom is -0.303 e. The van der Waals surface area contributed by atoms with Gasteiger partial charge in [-0.3, -0.25) is 0 Å². The third-order valence-corrected chi connectivity index (χ3v) is 3.79. The van der Waals surface area contributed by atoms with Crippen molar-refractivity contribution in [2.24, 2.45) is 0 Å². The van der Waals surface area contributed by atoms with Crippen molar-refractivity contribution < 1.29 is 4.39 Å². The van der Waals surface area contributed by atoms with Crippen LogP contribution in [0.3, 0.4) is 0 Å². The minimum absolute atomic E-state index is 0.0858. The van der Waals surface area contributed by atoms with Crippen LogP contribution in [0, 0.1) is 5.82 Å². The van der Waals surface area contributed by atoms with Gasteiger partial charge >= 0.3 is 0 Å². The van der Waals surface area contributed by atoms with Crippen LogP contribution in [0.1, 0.15) is 50.2 Å². The standard InChI is InChI=1S/C16H24FN/c1-13(2)15-10-14(11-16(17)12-15)6-5-9-18-7-3-4-8-18/h10-13H,3-9H2,1-2H3. The highest BCUT2D eigenvalue weighted by Crippen LogP contribution is 2.19. The third-order valence-electron chi connectivity index (χ3n) is 3.79. The lowest BCUT2D eigenvalue weighted by Gasteiger charge is -2.14. The topological polar surface area (TPSA) is 3.24 Å². The number of rotatable bonds is 5. The molecule has 0 aliphatic carbocycles. The molecule has 1 fully saturated rings. The van der Waals surface area contributed by atoms with E-state index in [0.717, 1.165) is 30.5 Å². The van der Waals surface area contributed by atoms with Crippen LogP contribution in [-0.2, 0) is 6.42 Å². The molecule has 1 aliphatic rings. The van der Waals surface area contributed by atoms with Gasteiger partial charge in [-0.2, -0.15) is 0 Å². The Labute approximate surface area is 110 Å². The number of benzene rings is 1. The minimum atomic E-state index is -0.0858. The zero-order valence-electron chi connectivity index (χ0n) is 11.6. The summed E-state index contributed by atoms with van der Waals surface area (Å²) in [5.74, 6) is 0.315. The van der Waals surface area contributed by atoms with Crippen molar-refractivity contribution in [3.05, 3.63) is 35.1 Å². The first-order valence-electron chi connectivity index (χ1n) is 7.17. The van der Waals surface area contributed by atoms with E-state index in [1.54, 1.807) is 12.1 Å². The van der Waals surface area contributed by atoms with Gasteiger partial charge < -0.3 is 4.90 Å². The normalized spacial score (nSPS) is 16.7. The molecule has 2 rings (SSSR count). The van der Waals surface area contributed by atoms with Gasteiger partial charge in [0.05, 0.1) is 0 Å². The molecule has 1 heterocycles. The van der Waals surface area contributed by atoms with Crippen LogP contribution in [-0.4, -0.2) is 24.5 Å². The van der Waals surface area contributed by atoms with Crippen LogP contribution in [0.5, 0.6) is 0 Å². The van der Waals surface area contributed by atoms with Gasteiger partial charge in [0.2, 0.25) is 0 Å². The first kappa shape index (κ1) is 13.5. The first-order chi connectivity index (χ1) is 8.65. The van der Waals surface area contributed by atoms with Gasteiger partial charge in [0.15, 0.2) is 0 Å². The predicted molar refractivity (Wildman–Crippen MR) is 74.5 cm³/mol. The molecule has 1 aliphatic heterocycles. The average molecular weight is 249 g/mol. The summed E-state index contributed by atoms with van der Waals surface area (Å²) in [5.41, 5.74) is 2.27. The van der Waals surface area contributed by atoms with Crippen LogP contribution < -0.4 is 0 Å². The maximum absolute atomic E-state index is 13.5. The fourth-order valence-corrected chi connectivity index (χ4v) is 2.67. The first-order valence-corrected chi connectivity index (χ1v) is 7.17. The van der Waals surface area contributed by atoms with Crippen molar-refractivity contribution in [3.63, 3.8) is 0 Å². The van der Waals surface area contributed by atoms with E-state index in [1.165, 1.54) is 25.9 Å². The number of hydrogen-bond donors (Lipinski definition) is 0. The van der Waals surface area contributed by atoms with Crippen LogP contribution in [0.4, 0.5) is 4.39 Å². The van der Waals surface area contributed by atoms with Crippen molar-refractivity contribution in [2.45, 2.75) is 45.4 Å². The van der Waals surface area contributed by atoms with Crippen molar-refractivity contribution in [3.8, 4) is 0 Å². The highest BCUT2D eigenvalue weighted by molar-refractivity contribution is 5.27. The molecular formula is C16H24FN. The highest BCUT2D eigenvalue weighted by Gasteiger charge is 2.11. The Morgan fingerprint density at radius 3 is 2.56 bits per heavy atom. The summed E-state index contributed by atoms with van der Waals surface area (Å²) in [5, 5.41) is 0. The molecule has 0 N–H and O–H groups in total. The Balaban J connectivity index is 1.88. The average Bonchev–Trinajstić information content (AvgIpc) is 2.81. The molecule has 1 saturated heterocycles. The summed E-state index contributed by atoms with van der Waals surface area (Å²) >= 11 is 0. The van der Waals surface area contributed by atoms with E-state index in [-0.39, 0.29) is 5.82 Å². The Hall–Kier alpha value is -0.890. The van der Waals surface area contributed by atoms with E-state index in [9.17, 15) is 4.39 Å². The fourth-order valence-electron chi connectivity index (χ4n) is 2.67. The van der Waals surface area contributed by atoms with Crippen molar-refractivity contribution in [1.29, 1.82) is 0 Å². The molecule has 1 aromatic rings. The van der Waals surface area contributed by atoms with Gasteiger partial charge in [-0.1, -0.05) is 19.9 Å². The lowest BCUT2D eigenvalue weighted by molar-refractivity contribution is 0.334. The highest BCUT2D eigenvalue weighted by atomic mass is 19.1. The van der Waals surface area contributed by atoms with Crippen LogP contribution in [0.2, 0.25) is 0 Å². The maximum Gasteiger partial charge on any atom is 0.123 e. The number of hydrogen-bond acceptors (Lipinski definition) is 1. The van der Waals surface area contributed by atoms with E-state index in [0.29, 0.717) is 5.92 Å². The zero-order valence-corrected chi connectivity index (χ0v) is 11.6. The zero-order chi connectivity index (χ0) is 13.0. The van der Waals surface area contributed by atoms with Gasteiger partial charge in [0, 0.05) is 0 Å². The lowest BCUT2D eigenvalue weighted by atomic mass is 9.98. The Morgan fingerprint density at radius 1 is 1.17 bits per heavy atom. The van der Waals surface area contributed by atoms with Crippen molar-refractivity contribution in [1.82, 2.24) is 4.90 Å². The van der Waals surface area contributed by atoms with Gasteiger partial charge in [0.25, 0.3) is 0 Å². The smallest absolute Gasteiger partial charge is 0.123 e. The van der Waals surface area contributed by atoms with E-state index in [1.807, 2.05) is 0 Å². The summed E-state index contributed by atoms with van der Waals surface area (Å²) in [6, 6.07) is 5.52. The summed E-state index contributed by atoms with van der Waals surface area (Å²) in [6.07, 6.45) is 4.82. The van der Waals surface area contributed by atoms with Crippen LogP contribution >= 0.6 is 0 Å². The largest absolute Gasteiger partial charge is 0.303 e. The second kappa shape index (κ2) is 6.33. The monoisotopic (exact) mass is 249 g/mol. The molecular weight excluding hydrogens is 225 g/mol. The van der Waals surface area contributed by atoms with Crippen LogP contribution in [0.25, 0.3) is 0 Å². The van der Waals surface area contributed by atoms with Gasteiger partial charge in [-0.15, -0.1) is 0 Å². The quantitative estimate of drug-likeness (QED) is 0.763. The molecule has 0 radical (unpaired) electrons. The van der Waals surface area contributed by atoms with Gasteiger partial charge in [-0.25, -0.2) is 4.39 Å². The molecule has 1 aromatic carbocycles. The fraction of sp³-hybridized carbons (Fsp3) is 0.625. The van der Waals surface area contributed by atoms with Gasteiger partial charge in [0.1, 0.15) is 5.82 Å².